The smallest absolute Gasteiger partial charge is 0.244 e. The van der Waals surface area contributed by atoms with E-state index in [1.165, 1.54) is 0 Å². The maximum absolute atomic E-state index is 11.9. The number of hydrogen-bond donors (Lipinski definition) is 3. The van der Waals surface area contributed by atoms with E-state index in [1.807, 2.05) is 0 Å². The molecule has 1 aromatic rings. The van der Waals surface area contributed by atoms with E-state index in [4.69, 9.17) is 9.84 Å². The Hall–Kier alpha value is -0.960. The normalized spacial score (nSPS) is 11.9. The Morgan fingerprint density at radius 1 is 1.53 bits per heavy atom. The lowest BCUT2D eigenvalue weighted by Crippen LogP contribution is -2.26. The summed E-state index contributed by atoms with van der Waals surface area (Å²) in [4.78, 5) is 0.0254. The van der Waals surface area contributed by atoms with E-state index in [0.717, 1.165) is 0 Å². The Morgan fingerprint density at radius 3 is 2.82 bits per heavy atom. The SMILES string of the molecule is COCCCNS(=O)(=O)c1c(CO)n[nH]c1C. The predicted octanol–water partition coefficient (Wildman–Crippen LogP) is -0.475. The second-order valence-corrected chi connectivity index (χ2v) is 5.23. The summed E-state index contributed by atoms with van der Waals surface area (Å²) in [5.41, 5.74) is 0.537. The number of methoxy groups -OCH3 is 1. The average Bonchev–Trinajstić information content (AvgIpc) is 2.66. The first-order chi connectivity index (χ1) is 8.03. The van der Waals surface area contributed by atoms with Crippen molar-refractivity contribution in [2.24, 2.45) is 0 Å². The van der Waals surface area contributed by atoms with Gasteiger partial charge in [-0.05, 0) is 13.3 Å². The predicted molar refractivity (Wildman–Crippen MR) is 60.9 cm³/mol. The number of nitrogens with zero attached hydrogens (tertiary/aromatic N) is 1. The third kappa shape index (κ3) is 3.50. The van der Waals surface area contributed by atoms with Crippen LogP contribution in [-0.4, -0.2) is 44.0 Å². The van der Waals surface area contributed by atoms with Crippen molar-refractivity contribution in [3.05, 3.63) is 11.4 Å². The van der Waals surface area contributed by atoms with E-state index < -0.39 is 16.6 Å². The fourth-order valence-electron chi connectivity index (χ4n) is 1.43. The molecule has 0 spiro atoms. The highest BCUT2D eigenvalue weighted by Gasteiger charge is 2.23. The number of aryl methyl sites for hydroxylation is 1. The zero-order chi connectivity index (χ0) is 12.9. The number of aromatic amines is 1. The largest absolute Gasteiger partial charge is 0.390 e. The molecule has 1 heterocycles. The number of aromatic nitrogens is 2. The van der Waals surface area contributed by atoms with Gasteiger partial charge in [-0.2, -0.15) is 5.10 Å². The molecule has 0 amide bonds. The zero-order valence-electron chi connectivity index (χ0n) is 9.86. The minimum atomic E-state index is -3.63. The molecule has 0 aliphatic heterocycles. The van der Waals surface area contributed by atoms with Crippen LogP contribution in [0.2, 0.25) is 0 Å². The molecule has 0 saturated carbocycles. The third-order valence-electron chi connectivity index (χ3n) is 2.20. The number of aliphatic hydroxyl groups is 1. The van der Waals surface area contributed by atoms with Crippen molar-refractivity contribution in [1.82, 2.24) is 14.9 Å². The van der Waals surface area contributed by atoms with E-state index in [-0.39, 0.29) is 17.1 Å². The topological polar surface area (TPSA) is 104 Å². The molecule has 98 valence electrons. The van der Waals surface area contributed by atoms with E-state index in [2.05, 4.69) is 14.9 Å². The standard InChI is InChI=1S/C9H17N3O4S/c1-7-9(8(6-13)12-11-7)17(14,15)10-4-3-5-16-2/h10,13H,3-6H2,1-2H3,(H,11,12). The van der Waals surface area contributed by atoms with Gasteiger partial charge in [0.2, 0.25) is 10.0 Å². The molecule has 17 heavy (non-hydrogen) atoms. The maximum Gasteiger partial charge on any atom is 0.244 e. The molecule has 0 saturated heterocycles. The van der Waals surface area contributed by atoms with Gasteiger partial charge in [-0.15, -0.1) is 0 Å². The summed E-state index contributed by atoms with van der Waals surface area (Å²) < 4.78 is 31.1. The number of ether oxygens (including phenoxy) is 1. The Labute approximate surface area is 100 Å². The summed E-state index contributed by atoms with van der Waals surface area (Å²) in [6.07, 6.45) is 0.584. The molecule has 1 aromatic heterocycles. The van der Waals surface area contributed by atoms with Gasteiger partial charge in [0, 0.05) is 20.3 Å². The van der Waals surface area contributed by atoms with Gasteiger partial charge in [0.05, 0.1) is 12.3 Å². The van der Waals surface area contributed by atoms with Crippen LogP contribution in [0, 0.1) is 6.92 Å². The van der Waals surface area contributed by atoms with Gasteiger partial charge in [0.15, 0.2) is 0 Å². The lowest BCUT2D eigenvalue weighted by atomic mass is 10.4. The molecule has 0 unspecified atom stereocenters. The summed E-state index contributed by atoms with van der Waals surface area (Å²) in [7, 11) is -2.08. The Kier molecular flexibility index (Phi) is 5.06. The number of sulfonamides is 1. The fourth-order valence-corrected chi connectivity index (χ4v) is 2.85. The van der Waals surface area contributed by atoms with Crippen molar-refractivity contribution in [3.8, 4) is 0 Å². The number of aliphatic hydroxyl groups excluding tert-OH is 1. The van der Waals surface area contributed by atoms with Gasteiger partial charge in [0.1, 0.15) is 10.6 Å². The molecule has 0 bridgehead atoms. The molecule has 0 aromatic carbocycles. The molecule has 0 radical (unpaired) electrons. The minimum absolute atomic E-state index is 0.0254. The monoisotopic (exact) mass is 263 g/mol. The van der Waals surface area contributed by atoms with Crippen LogP contribution in [0.1, 0.15) is 17.8 Å². The Balaban J connectivity index is 2.78. The number of rotatable bonds is 7. The lowest BCUT2D eigenvalue weighted by Gasteiger charge is -2.06. The molecule has 7 nitrogen and oxygen atoms in total. The van der Waals surface area contributed by atoms with Crippen LogP contribution in [-0.2, 0) is 21.4 Å². The summed E-state index contributed by atoms with van der Waals surface area (Å²) >= 11 is 0. The van der Waals surface area contributed by atoms with E-state index in [1.54, 1.807) is 14.0 Å². The molecule has 3 N–H and O–H groups in total. The van der Waals surface area contributed by atoms with Crippen LogP contribution in [0.5, 0.6) is 0 Å². The van der Waals surface area contributed by atoms with Crippen LogP contribution in [0.15, 0.2) is 4.90 Å². The minimum Gasteiger partial charge on any atom is -0.390 e. The van der Waals surface area contributed by atoms with Crippen LogP contribution < -0.4 is 4.72 Å². The molecule has 1 rings (SSSR count). The highest BCUT2D eigenvalue weighted by molar-refractivity contribution is 7.89. The van der Waals surface area contributed by atoms with Crippen molar-refractivity contribution in [3.63, 3.8) is 0 Å². The first-order valence-corrected chi connectivity index (χ1v) is 6.64. The molecule has 0 aliphatic carbocycles. The van der Waals surface area contributed by atoms with Gasteiger partial charge < -0.3 is 9.84 Å². The van der Waals surface area contributed by atoms with Crippen molar-refractivity contribution >= 4 is 10.0 Å². The van der Waals surface area contributed by atoms with Crippen LogP contribution >= 0.6 is 0 Å². The quantitative estimate of drug-likeness (QED) is 0.577. The van der Waals surface area contributed by atoms with Gasteiger partial charge in [-0.3, -0.25) is 5.10 Å². The first kappa shape index (κ1) is 14.1. The van der Waals surface area contributed by atoms with Crippen molar-refractivity contribution in [2.75, 3.05) is 20.3 Å². The second kappa shape index (κ2) is 6.10. The van der Waals surface area contributed by atoms with Crippen molar-refractivity contribution < 1.29 is 18.3 Å². The summed E-state index contributed by atoms with van der Waals surface area (Å²) in [6, 6.07) is 0. The third-order valence-corrected chi connectivity index (χ3v) is 3.86. The van der Waals surface area contributed by atoms with Gasteiger partial charge >= 0.3 is 0 Å². The fraction of sp³-hybridized carbons (Fsp3) is 0.667. The molecular formula is C9H17N3O4S. The maximum atomic E-state index is 11.9. The van der Waals surface area contributed by atoms with E-state index >= 15 is 0 Å². The molecular weight excluding hydrogens is 246 g/mol. The van der Waals surface area contributed by atoms with Crippen molar-refractivity contribution in [1.29, 1.82) is 0 Å². The van der Waals surface area contributed by atoms with E-state index in [0.29, 0.717) is 18.7 Å². The summed E-state index contributed by atoms with van der Waals surface area (Å²) in [5.74, 6) is 0. The number of H-pyrrole nitrogens is 1. The van der Waals surface area contributed by atoms with Crippen molar-refractivity contribution in [2.45, 2.75) is 24.8 Å². The first-order valence-electron chi connectivity index (χ1n) is 5.16. The molecule has 8 heteroatoms. The van der Waals surface area contributed by atoms with Gasteiger partial charge in [-0.25, -0.2) is 13.1 Å². The Bertz CT molecular complexity index is 455. The van der Waals surface area contributed by atoms with Crippen LogP contribution in [0.3, 0.4) is 0 Å². The second-order valence-electron chi connectivity index (χ2n) is 3.53. The molecule has 0 fully saturated rings. The highest BCUT2D eigenvalue weighted by Crippen LogP contribution is 2.17. The van der Waals surface area contributed by atoms with Crippen LogP contribution in [0.4, 0.5) is 0 Å². The molecule has 0 atom stereocenters. The summed E-state index contributed by atoms with van der Waals surface area (Å²) in [5, 5.41) is 15.3. The number of hydrogen-bond acceptors (Lipinski definition) is 5. The Morgan fingerprint density at radius 2 is 2.24 bits per heavy atom. The highest BCUT2D eigenvalue weighted by atomic mass is 32.2. The van der Waals surface area contributed by atoms with E-state index in [9.17, 15) is 8.42 Å². The number of nitrogens with one attached hydrogen (secondary N) is 2. The average molecular weight is 263 g/mol. The molecule has 0 aliphatic rings. The zero-order valence-corrected chi connectivity index (χ0v) is 10.7. The summed E-state index contributed by atoms with van der Waals surface area (Å²) in [6.45, 7) is 1.94. The van der Waals surface area contributed by atoms with Gasteiger partial charge in [0.25, 0.3) is 0 Å². The van der Waals surface area contributed by atoms with Gasteiger partial charge in [-0.1, -0.05) is 0 Å². The van der Waals surface area contributed by atoms with Crippen LogP contribution in [0.25, 0.3) is 0 Å². The lowest BCUT2D eigenvalue weighted by molar-refractivity contribution is 0.196.